The van der Waals surface area contributed by atoms with Crippen molar-refractivity contribution in [3.63, 3.8) is 0 Å². The number of thioether (sulfide) groups is 1. The summed E-state index contributed by atoms with van der Waals surface area (Å²) in [6, 6.07) is 2.45. The maximum atomic E-state index is 12.6. The van der Waals surface area contributed by atoms with E-state index in [9.17, 15) is 22.8 Å². The molecular formula is C17H21F3N4O2S. The number of anilines is 1. The average Bonchev–Trinajstić information content (AvgIpc) is 3.05. The van der Waals surface area contributed by atoms with Crippen LogP contribution >= 0.6 is 11.8 Å². The lowest BCUT2D eigenvalue weighted by Gasteiger charge is -2.33. The SMILES string of the molecule is O=C(CCN1CCSC1=O)NC1CCN(c2ccc(C(F)(F)F)cn2)CC1. The lowest BCUT2D eigenvalue weighted by Crippen LogP contribution is -2.45. The van der Waals surface area contributed by atoms with Gasteiger partial charge in [0.15, 0.2) is 0 Å². The number of pyridine rings is 1. The van der Waals surface area contributed by atoms with Crippen LogP contribution in [0.1, 0.15) is 24.8 Å². The zero-order valence-electron chi connectivity index (χ0n) is 14.7. The highest BCUT2D eigenvalue weighted by Gasteiger charge is 2.31. The predicted molar refractivity (Wildman–Crippen MR) is 96.7 cm³/mol. The molecule has 3 heterocycles. The molecule has 0 radical (unpaired) electrons. The number of carbonyl (C=O) groups is 2. The number of halogens is 3. The Labute approximate surface area is 159 Å². The van der Waals surface area contributed by atoms with Gasteiger partial charge in [0.25, 0.3) is 5.24 Å². The normalized spacial score (nSPS) is 18.9. The molecule has 1 aromatic heterocycles. The number of hydrogen-bond acceptors (Lipinski definition) is 5. The monoisotopic (exact) mass is 402 g/mol. The molecular weight excluding hydrogens is 381 g/mol. The van der Waals surface area contributed by atoms with E-state index in [0.717, 1.165) is 18.0 Å². The van der Waals surface area contributed by atoms with Gasteiger partial charge in [-0.15, -0.1) is 0 Å². The van der Waals surface area contributed by atoms with Crippen molar-refractivity contribution in [2.75, 3.05) is 36.8 Å². The Balaban J connectivity index is 1.42. The number of carbonyl (C=O) groups excluding carboxylic acids is 2. The summed E-state index contributed by atoms with van der Waals surface area (Å²) in [7, 11) is 0. The third-order valence-corrected chi connectivity index (χ3v) is 5.60. The molecule has 3 rings (SSSR count). The van der Waals surface area contributed by atoms with Crippen molar-refractivity contribution >= 4 is 28.7 Å². The highest BCUT2D eigenvalue weighted by molar-refractivity contribution is 8.13. The van der Waals surface area contributed by atoms with E-state index in [1.165, 1.54) is 17.8 Å². The molecule has 148 valence electrons. The Hall–Kier alpha value is -1.97. The fraction of sp³-hybridized carbons (Fsp3) is 0.588. The van der Waals surface area contributed by atoms with Crippen LogP contribution in [-0.4, -0.2) is 59.0 Å². The Kier molecular flexibility index (Phi) is 6.13. The standard InChI is InChI=1S/C17H21F3N4O2S/c18-17(19,20)12-1-2-14(21-11-12)23-6-3-13(4-7-23)22-15(25)5-8-24-9-10-27-16(24)26/h1-2,11,13H,3-10H2,(H,22,25). The molecule has 27 heavy (non-hydrogen) atoms. The van der Waals surface area contributed by atoms with Gasteiger partial charge in [-0.2, -0.15) is 13.2 Å². The number of nitrogens with zero attached hydrogens (tertiary/aromatic N) is 3. The summed E-state index contributed by atoms with van der Waals surface area (Å²) in [5.41, 5.74) is -0.761. The molecule has 0 unspecified atom stereocenters. The first-order valence-corrected chi connectivity index (χ1v) is 9.81. The van der Waals surface area contributed by atoms with Crippen LogP contribution in [0.25, 0.3) is 0 Å². The lowest BCUT2D eigenvalue weighted by molar-refractivity contribution is -0.137. The molecule has 2 saturated heterocycles. The van der Waals surface area contributed by atoms with Crippen LogP contribution in [-0.2, 0) is 11.0 Å². The van der Waals surface area contributed by atoms with E-state index in [2.05, 4.69) is 10.3 Å². The first-order chi connectivity index (χ1) is 12.8. The summed E-state index contributed by atoms with van der Waals surface area (Å²) < 4.78 is 37.8. The Bertz CT molecular complexity index is 676. The highest BCUT2D eigenvalue weighted by Crippen LogP contribution is 2.29. The quantitative estimate of drug-likeness (QED) is 0.821. The van der Waals surface area contributed by atoms with Gasteiger partial charge in [0.1, 0.15) is 5.82 Å². The molecule has 0 atom stereocenters. The first-order valence-electron chi connectivity index (χ1n) is 8.82. The van der Waals surface area contributed by atoms with Gasteiger partial charge < -0.3 is 15.1 Å². The maximum Gasteiger partial charge on any atom is 0.417 e. The fourth-order valence-electron chi connectivity index (χ4n) is 3.16. The summed E-state index contributed by atoms with van der Waals surface area (Å²) >= 11 is 1.27. The molecule has 2 aliphatic rings. The molecule has 1 N–H and O–H groups in total. The van der Waals surface area contributed by atoms with E-state index in [-0.39, 0.29) is 23.6 Å². The largest absolute Gasteiger partial charge is 0.417 e. The van der Waals surface area contributed by atoms with Crippen molar-refractivity contribution in [1.29, 1.82) is 0 Å². The van der Waals surface area contributed by atoms with Crippen LogP contribution in [0.5, 0.6) is 0 Å². The predicted octanol–water partition coefficient (Wildman–Crippen LogP) is 2.74. The summed E-state index contributed by atoms with van der Waals surface area (Å²) in [4.78, 5) is 31.1. The molecule has 0 bridgehead atoms. The van der Waals surface area contributed by atoms with Crippen LogP contribution in [0.15, 0.2) is 18.3 Å². The smallest absolute Gasteiger partial charge is 0.356 e. The Morgan fingerprint density at radius 1 is 1.26 bits per heavy atom. The van der Waals surface area contributed by atoms with E-state index in [1.807, 2.05) is 4.90 Å². The van der Waals surface area contributed by atoms with Crippen LogP contribution in [0.2, 0.25) is 0 Å². The number of amides is 2. The average molecular weight is 402 g/mol. The van der Waals surface area contributed by atoms with Gasteiger partial charge in [-0.3, -0.25) is 9.59 Å². The van der Waals surface area contributed by atoms with Crippen LogP contribution in [0.3, 0.4) is 0 Å². The van der Waals surface area contributed by atoms with Crippen LogP contribution < -0.4 is 10.2 Å². The second kappa shape index (κ2) is 8.37. The van der Waals surface area contributed by atoms with Crippen LogP contribution in [0.4, 0.5) is 23.8 Å². The Morgan fingerprint density at radius 2 is 2.00 bits per heavy atom. The molecule has 10 heteroatoms. The minimum absolute atomic E-state index is 0.0279. The first kappa shape index (κ1) is 19.8. The summed E-state index contributed by atoms with van der Waals surface area (Å²) in [6.07, 6.45) is -1.85. The van der Waals surface area contributed by atoms with E-state index in [1.54, 1.807) is 4.90 Å². The van der Waals surface area contributed by atoms with E-state index in [4.69, 9.17) is 0 Å². The van der Waals surface area contributed by atoms with Gasteiger partial charge >= 0.3 is 6.18 Å². The number of aromatic nitrogens is 1. The zero-order valence-corrected chi connectivity index (χ0v) is 15.5. The van der Waals surface area contributed by atoms with Crippen molar-refractivity contribution in [2.45, 2.75) is 31.5 Å². The molecule has 6 nitrogen and oxygen atoms in total. The van der Waals surface area contributed by atoms with Crippen molar-refractivity contribution in [3.05, 3.63) is 23.9 Å². The van der Waals surface area contributed by atoms with Crippen LogP contribution in [0, 0.1) is 0 Å². The zero-order chi connectivity index (χ0) is 19.4. The van der Waals surface area contributed by atoms with E-state index >= 15 is 0 Å². The highest BCUT2D eigenvalue weighted by atomic mass is 32.2. The fourth-order valence-corrected chi connectivity index (χ4v) is 4.01. The molecule has 0 aliphatic carbocycles. The molecule has 2 fully saturated rings. The third kappa shape index (κ3) is 5.27. The third-order valence-electron chi connectivity index (χ3n) is 4.71. The molecule has 0 spiro atoms. The van der Waals surface area contributed by atoms with Gasteiger partial charge in [-0.1, -0.05) is 11.8 Å². The molecule has 2 aliphatic heterocycles. The van der Waals surface area contributed by atoms with Gasteiger partial charge in [0.2, 0.25) is 5.91 Å². The van der Waals surface area contributed by atoms with Gasteiger partial charge in [0.05, 0.1) is 5.56 Å². The van der Waals surface area contributed by atoms with Crippen molar-refractivity contribution < 1.29 is 22.8 Å². The lowest BCUT2D eigenvalue weighted by atomic mass is 10.0. The summed E-state index contributed by atoms with van der Waals surface area (Å²) in [5.74, 6) is 1.21. The Morgan fingerprint density at radius 3 is 2.56 bits per heavy atom. The summed E-state index contributed by atoms with van der Waals surface area (Å²) in [5, 5.41) is 3.01. The molecule has 0 saturated carbocycles. The second-order valence-electron chi connectivity index (χ2n) is 6.58. The van der Waals surface area contributed by atoms with Crippen molar-refractivity contribution in [2.24, 2.45) is 0 Å². The number of hydrogen-bond donors (Lipinski definition) is 1. The van der Waals surface area contributed by atoms with E-state index < -0.39 is 11.7 Å². The second-order valence-corrected chi connectivity index (χ2v) is 7.63. The molecule has 1 aromatic rings. The number of rotatable bonds is 5. The van der Waals surface area contributed by atoms with Gasteiger partial charge in [-0.25, -0.2) is 4.98 Å². The topological polar surface area (TPSA) is 65.5 Å². The minimum atomic E-state index is -4.39. The molecule has 2 amide bonds. The number of nitrogens with one attached hydrogen (secondary N) is 1. The van der Waals surface area contributed by atoms with Crippen molar-refractivity contribution in [3.8, 4) is 0 Å². The molecule has 0 aromatic carbocycles. The maximum absolute atomic E-state index is 12.6. The van der Waals surface area contributed by atoms with Gasteiger partial charge in [0, 0.05) is 50.6 Å². The van der Waals surface area contributed by atoms with Gasteiger partial charge in [-0.05, 0) is 25.0 Å². The summed E-state index contributed by atoms with van der Waals surface area (Å²) in [6.45, 7) is 2.36. The number of alkyl halides is 3. The van der Waals surface area contributed by atoms with E-state index in [0.29, 0.717) is 44.8 Å². The number of piperidine rings is 1. The minimum Gasteiger partial charge on any atom is -0.356 e. The van der Waals surface area contributed by atoms with Crippen molar-refractivity contribution in [1.82, 2.24) is 15.2 Å².